The Morgan fingerprint density at radius 3 is 2.76 bits per heavy atom. The van der Waals surface area contributed by atoms with Gasteiger partial charge in [0.25, 0.3) is 0 Å². The molecule has 0 spiro atoms. The smallest absolute Gasteiger partial charge is 0.142 e. The molecule has 0 unspecified atom stereocenters. The van der Waals surface area contributed by atoms with Crippen molar-refractivity contribution < 1.29 is 13.5 Å². The van der Waals surface area contributed by atoms with E-state index in [1.54, 1.807) is 6.07 Å². The fourth-order valence-corrected chi connectivity index (χ4v) is 1.86. The second-order valence-corrected chi connectivity index (χ2v) is 4.53. The normalized spacial score (nSPS) is 9.90. The van der Waals surface area contributed by atoms with Crippen LogP contribution in [-0.4, -0.2) is 6.54 Å². The van der Waals surface area contributed by atoms with Crippen LogP contribution in [0.1, 0.15) is 11.1 Å². The molecule has 0 radical (unpaired) electrons. The Hall–Kier alpha value is -2.09. The Balaban J connectivity index is 2.23. The first-order chi connectivity index (χ1) is 10.1. The Labute approximate surface area is 126 Å². The lowest BCUT2D eigenvalue weighted by molar-refractivity contribution is 0.303. The standard InChI is InChI=1S/C16H12ClF2NO/c17-16-12(3-1-5-14(16)19)10-21-15-9-13(18)7-6-11(15)4-2-8-20/h1,3,5-7,9H,8,10,20H2. The highest BCUT2D eigenvalue weighted by Crippen LogP contribution is 2.24. The Kier molecular flexibility index (Phi) is 5.15. The van der Waals surface area contributed by atoms with Crippen LogP contribution >= 0.6 is 11.6 Å². The Bertz CT molecular complexity index is 707. The maximum absolute atomic E-state index is 13.3. The molecule has 0 aromatic heterocycles. The summed E-state index contributed by atoms with van der Waals surface area (Å²) < 4.78 is 32.1. The van der Waals surface area contributed by atoms with E-state index in [-0.39, 0.29) is 23.9 Å². The van der Waals surface area contributed by atoms with E-state index < -0.39 is 11.6 Å². The quantitative estimate of drug-likeness (QED) is 0.881. The minimum Gasteiger partial charge on any atom is -0.487 e. The number of nitrogens with two attached hydrogens (primary N) is 1. The fraction of sp³-hybridized carbons (Fsp3) is 0.125. The molecule has 0 heterocycles. The van der Waals surface area contributed by atoms with Crippen LogP contribution in [0.2, 0.25) is 5.02 Å². The summed E-state index contributed by atoms with van der Waals surface area (Å²) in [5.74, 6) is 4.74. The molecule has 2 aromatic carbocycles. The van der Waals surface area contributed by atoms with Crippen molar-refractivity contribution in [2.75, 3.05) is 6.54 Å². The van der Waals surface area contributed by atoms with Crippen LogP contribution in [0.15, 0.2) is 36.4 Å². The molecule has 2 N–H and O–H groups in total. The van der Waals surface area contributed by atoms with Gasteiger partial charge in [-0.15, -0.1) is 0 Å². The average molecular weight is 308 g/mol. The van der Waals surface area contributed by atoms with Gasteiger partial charge < -0.3 is 10.5 Å². The van der Waals surface area contributed by atoms with E-state index in [1.165, 1.54) is 30.3 Å². The summed E-state index contributed by atoms with van der Waals surface area (Å²) in [6.07, 6.45) is 0. The SMILES string of the molecule is NCC#Cc1ccc(F)cc1OCc1cccc(F)c1Cl. The van der Waals surface area contributed by atoms with Crippen LogP contribution in [0, 0.1) is 23.5 Å². The zero-order valence-electron chi connectivity index (χ0n) is 11.0. The van der Waals surface area contributed by atoms with Gasteiger partial charge in [0.15, 0.2) is 0 Å². The van der Waals surface area contributed by atoms with Crippen LogP contribution in [0.5, 0.6) is 5.75 Å². The van der Waals surface area contributed by atoms with Crippen molar-refractivity contribution in [2.45, 2.75) is 6.61 Å². The summed E-state index contributed by atoms with van der Waals surface area (Å²) >= 11 is 5.84. The molecule has 2 rings (SSSR count). The molecule has 2 aromatic rings. The van der Waals surface area contributed by atoms with E-state index in [1.807, 2.05) is 0 Å². The third-order valence-corrected chi connectivity index (χ3v) is 3.11. The fourth-order valence-electron chi connectivity index (χ4n) is 1.68. The summed E-state index contributed by atoms with van der Waals surface area (Å²) in [5, 5.41) is -0.0107. The predicted octanol–water partition coefficient (Wildman–Crippen LogP) is 3.51. The molecule has 0 fully saturated rings. The van der Waals surface area contributed by atoms with Crippen LogP contribution in [-0.2, 0) is 6.61 Å². The van der Waals surface area contributed by atoms with Gasteiger partial charge in [0.1, 0.15) is 24.0 Å². The van der Waals surface area contributed by atoms with Crippen molar-refractivity contribution >= 4 is 11.6 Å². The molecule has 2 nitrogen and oxygen atoms in total. The topological polar surface area (TPSA) is 35.2 Å². The van der Waals surface area contributed by atoms with E-state index in [0.29, 0.717) is 11.1 Å². The number of rotatable bonds is 3. The van der Waals surface area contributed by atoms with E-state index >= 15 is 0 Å². The highest BCUT2D eigenvalue weighted by molar-refractivity contribution is 6.31. The molecule has 0 saturated carbocycles. The van der Waals surface area contributed by atoms with Gasteiger partial charge in [-0.05, 0) is 18.2 Å². The van der Waals surface area contributed by atoms with Gasteiger partial charge in [-0.2, -0.15) is 0 Å². The van der Waals surface area contributed by atoms with E-state index in [4.69, 9.17) is 22.1 Å². The monoisotopic (exact) mass is 307 g/mol. The number of ether oxygens (including phenoxy) is 1. The second kappa shape index (κ2) is 7.07. The molecule has 0 aliphatic carbocycles. The number of hydrogen-bond acceptors (Lipinski definition) is 2. The van der Waals surface area contributed by atoms with Gasteiger partial charge >= 0.3 is 0 Å². The van der Waals surface area contributed by atoms with Crippen molar-refractivity contribution in [1.82, 2.24) is 0 Å². The molecule has 0 aliphatic heterocycles. The van der Waals surface area contributed by atoms with Crippen LogP contribution in [0.3, 0.4) is 0 Å². The van der Waals surface area contributed by atoms with Crippen LogP contribution < -0.4 is 10.5 Å². The number of benzene rings is 2. The minimum atomic E-state index is -0.528. The zero-order chi connectivity index (χ0) is 15.2. The molecule has 5 heteroatoms. The van der Waals surface area contributed by atoms with E-state index in [2.05, 4.69) is 11.8 Å². The molecular formula is C16H12ClF2NO. The molecule has 0 saturated heterocycles. The van der Waals surface area contributed by atoms with E-state index in [0.717, 1.165) is 0 Å². The van der Waals surface area contributed by atoms with Gasteiger partial charge in [-0.1, -0.05) is 35.6 Å². The van der Waals surface area contributed by atoms with Crippen LogP contribution in [0.4, 0.5) is 8.78 Å². The summed E-state index contributed by atoms with van der Waals surface area (Å²) in [4.78, 5) is 0. The summed E-state index contributed by atoms with van der Waals surface area (Å²) in [5.41, 5.74) is 6.29. The first-order valence-electron chi connectivity index (χ1n) is 6.16. The predicted molar refractivity (Wildman–Crippen MR) is 78.1 cm³/mol. The lowest BCUT2D eigenvalue weighted by atomic mass is 10.2. The molecule has 0 atom stereocenters. The lowest BCUT2D eigenvalue weighted by Gasteiger charge is -2.10. The van der Waals surface area contributed by atoms with Gasteiger partial charge in [-0.3, -0.25) is 0 Å². The molecule has 0 aliphatic rings. The highest BCUT2D eigenvalue weighted by Gasteiger charge is 2.08. The van der Waals surface area contributed by atoms with Crippen LogP contribution in [0.25, 0.3) is 0 Å². The molecule has 0 amide bonds. The second-order valence-electron chi connectivity index (χ2n) is 4.15. The Morgan fingerprint density at radius 1 is 1.19 bits per heavy atom. The van der Waals surface area contributed by atoms with E-state index in [9.17, 15) is 8.78 Å². The van der Waals surface area contributed by atoms with Gasteiger partial charge in [0.05, 0.1) is 17.1 Å². The van der Waals surface area contributed by atoms with Crippen molar-refractivity contribution in [1.29, 1.82) is 0 Å². The summed E-state index contributed by atoms with van der Waals surface area (Å²) in [7, 11) is 0. The van der Waals surface area contributed by atoms with Crippen molar-refractivity contribution in [3.8, 4) is 17.6 Å². The molecule has 108 valence electrons. The number of hydrogen-bond donors (Lipinski definition) is 1. The van der Waals surface area contributed by atoms with Crippen molar-refractivity contribution in [3.05, 3.63) is 64.2 Å². The summed E-state index contributed by atoms with van der Waals surface area (Å²) in [6, 6.07) is 8.42. The largest absolute Gasteiger partial charge is 0.487 e. The zero-order valence-corrected chi connectivity index (χ0v) is 11.8. The van der Waals surface area contributed by atoms with Crippen molar-refractivity contribution in [2.24, 2.45) is 5.73 Å². The van der Waals surface area contributed by atoms with Crippen molar-refractivity contribution in [3.63, 3.8) is 0 Å². The maximum Gasteiger partial charge on any atom is 0.142 e. The lowest BCUT2D eigenvalue weighted by Crippen LogP contribution is -2.00. The third-order valence-electron chi connectivity index (χ3n) is 2.68. The van der Waals surface area contributed by atoms with Gasteiger partial charge in [0, 0.05) is 11.6 Å². The highest BCUT2D eigenvalue weighted by atomic mass is 35.5. The van der Waals surface area contributed by atoms with Gasteiger partial charge in [0.2, 0.25) is 0 Å². The minimum absolute atomic E-state index is 0.0107. The average Bonchev–Trinajstić information content (AvgIpc) is 2.48. The molecule has 0 bridgehead atoms. The third kappa shape index (κ3) is 3.94. The first kappa shape index (κ1) is 15.3. The number of halogens is 3. The summed E-state index contributed by atoms with van der Waals surface area (Å²) in [6.45, 7) is 0.198. The Morgan fingerprint density at radius 2 is 2.00 bits per heavy atom. The van der Waals surface area contributed by atoms with Gasteiger partial charge in [-0.25, -0.2) is 8.78 Å². The molecule has 21 heavy (non-hydrogen) atoms. The molecular weight excluding hydrogens is 296 g/mol. The maximum atomic E-state index is 13.3. The first-order valence-corrected chi connectivity index (χ1v) is 6.54.